The Hall–Kier alpha value is -0.470. The van der Waals surface area contributed by atoms with E-state index in [4.69, 9.17) is 11.6 Å². The van der Waals surface area contributed by atoms with E-state index in [1.165, 1.54) is 0 Å². The monoisotopic (exact) mass is 226 g/mol. The summed E-state index contributed by atoms with van der Waals surface area (Å²) < 4.78 is 0. The highest BCUT2D eigenvalue weighted by atomic mass is 35.5. The van der Waals surface area contributed by atoms with Gasteiger partial charge in [-0.15, -0.1) is 11.8 Å². The lowest BCUT2D eigenvalue weighted by atomic mass is 9.96. The fourth-order valence-corrected chi connectivity index (χ4v) is 3.05. The maximum absolute atomic E-state index is 11.9. The van der Waals surface area contributed by atoms with Gasteiger partial charge in [0.2, 0.25) is 0 Å². The molecular weight excluding hydrogens is 216 g/mol. The molecule has 1 aromatic carbocycles. The Kier molecular flexibility index (Phi) is 2.58. The lowest BCUT2D eigenvalue weighted by molar-refractivity contribution is 0.0924. The average Bonchev–Trinajstić information content (AvgIpc) is 2.17. The van der Waals surface area contributed by atoms with Crippen molar-refractivity contribution in [2.75, 3.05) is 0 Å². The predicted octanol–water partition coefficient (Wildman–Crippen LogP) is 3.65. The molecule has 2 atom stereocenters. The molecule has 14 heavy (non-hydrogen) atoms. The average molecular weight is 227 g/mol. The second kappa shape index (κ2) is 3.59. The van der Waals surface area contributed by atoms with Gasteiger partial charge in [-0.05, 0) is 6.07 Å². The highest BCUT2D eigenvalue weighted by molar-refractivity contribution is 8.00. The van der Waals surface area contributed by atoms with Crippen molar-refractivity contribution in [1.29, 1.82) is 0 Å². The zero-order valence-corrected chi connectivity index (χ0v) is 9.65. The normalized spacial score (nSPS) is 26.1. The van der Waals surface area contributed by atoms with Crippen molar-refractivity contribution in [3.63, 3.8) is 0 Å². The zero-order chi connectivity index (χ0) is 10.3. The van der Waals surface area contributed by atoms with Crippen LogP contribution in [0, 0.1) is 5.92 Å². The van der Waals surface area contributed by atoms with E-state index >= 15 is 0 Å². The topological polar surface area (TPSA) is 17.1 Å². The van der Waals surface area contributed by atoms with E-state index in [0.29, 0.717) is 10.3 Å². The summed E-state index contributed by atoms with van der Waals surface area (Å²) >= 11 is 7.74. The van der Waals surface area contributed by atoms with Gasteiger partial charge in [-0.1, -0.05) is 37.6 Å². The molecule has 0 amide bonds. The smallest absolute Gasteiger partial charge is 0.167 e. The van der Waals surface area contributed by atoms with Crippen LogP contribution in [0.3, 0.4) is 0 Å². The van der Waals surface area contributed by atoms with Crippen LogP contribution in [0.5, 0.6) is 0 Å². The zero-order valence-electron chi connectivity index (χ0n) is 8.08. The highest BCUT2D eigenvalue weighted by Crippen LogP contribution is 2.41. The molecule has 0 saturated heterocycles. The number of ketones is 1. The van der Waals surface area contributed by atoms with Crippen LogP contribution in [-0.2, 0) is 0 Å². The van der Waals surface area contributed by atoms with Crippen molar-refractivity contribution < 1.29 is 4.79 Å². The summed E-state index contributed by atoms with van der Waals surface area (Å²) in [5.41, 5.74) is 0.785. The first-order valence-corrected chi connectivity index (χ1v) is 5.86. The molecule has 1 aromatic rings. The molecule has 2 rings (SSSR count). The van der Waals surface area contributed by atoms with Gasteiger partial charge < -0.3 is 0 Å². The number of Topliss-reactive ketones (excluding diaryl/α,β-unsaturated/α-hetero) is 1. The molecule has 0 aromatic heterocycles. The molecule has 0 fully saturated rings. The van der Waals surface area contributed by atoms with Crippen molar-refractivity contribution in [2.24, 2.45) is 5.92 Å². The number of carbonyl (C=O) groups excluding carboxylic acids is 1. The van der Waals surface area contributed by atoms with Gasteiger partial charge in [0, 0.05) is 21.6 Å². The van der Waals surface area contributed by atoms with Crippen LogP contribution in [0.4, 0.5) is 0 Å². The molecule has 0 radical (unpaired) electrons. The standard InChI is InChI=1S/C11H11ClOS/c1-6-7(2)14-11-8(10(6)13)4-3-5-9(11)12/h3-7H,1-2H3. The van der Waals surface area contributed by atoms with E-state index in [9.17, 15) is 4.79 Å². The Morgan fingerprint density at radius 1 is 1.36 bits per heavy atom. The van der Waals surface area contributed by atoms with Crippen LogP contribution in [-0.4, -0.2) is 11.0 Å². The molecule has 0 aliphatic carbocycles. The van der Waals surface area contributed by atoms with Gasteiger partial charge in [0.05, 0.1) is 5.02 Å². The van der Waals surface area contributed by atoms with Crippen molar-refractivity contribution in [1.82, 2.24) is 0 Å². The number of thioether (sulfide) groups is 1. The van der Waals surface area contributed by atoms with Crippen molar-refractivity contribution >= 4 is 29.1 Å². The molecule has 0 N–H and O–H groups in total. The SMILES string of the molecule is CC1Sc2c(Cl)cccc2C(=O)C1C. The number of hydrogen-bond donors (Lipinski definition) is 0. The number of hydrogen-bond acceptors (Lipinski definition) is 2. The molecule has 2 unspecified atom stereocenters. The van der Waals surface area contributed by atoms with Gasteiger partial charge in [0.15, 0.2) is 5.78 Å². The lowest BCUT2D eigenvalue weighted by Crippen LogP contribution is -2.25. The largest absolute Gasteiger partial charge is 0.294 e. The first-order valence-electron chi connectivity index (χ1n) is 4.60. The van der Waals surface area contributed by atoms with Crippen molar-refractivity contribution in [3.05, 3.63) is 28.8 Å². The van der Waals surface area contributed by atoms with Crippen molar-refractivity contribution in [3.8, 4) is 0 Å². The Balaban J connectivity index is 2.56. The minimum absolute atomic E-state index is 0.0889. The van der Waals surface area contributed by atoms with E-state index in [-0.39, 0.29) is 11.7 Å². The number of carbonyl (C=O) groups is 1. The van der Waals surface area contributed by atoms with Crippen LogP contribution in [0.1, 0.15) is 24.2 Å². The Bertz CT molecular complexity index is 389. The fraction of sp³-hybridized carbons (Fsp3) is 0.364. The van der Waals surface area contributed by atoms with Crippen LogP contribution in [0.25, 0.3) is 0 Å². The third kappa shape index (κ3) is 1.47. The number of benzene rings is 1. The summed E-state index contributed by atoms with van der Waals surface area (Å²) in [7, 11) is 0. The fourth-order valence-electron chi connectivity index (χ4n) is 1.57. The summed E-state index contributed by atoms with van der Waals surface area (Å²) in [5.74, 6) is 0.305. The van der Waals surface area contributed by atoms with E-state index in [0.717, 1.165) is 10.5 Å². The van der Waals surface area contributed by atoms with Crippen LogP contribution < -0.4 is 0 Å². The lowest BCUT2D eigenvalue weighted by Gasteiger charge is -2.26. The van der Waals surface area contributed by atoms with Gasteiger partial charge >= 0.3 is 0 Å². The molecular formula is C11H11ClOS. The first kappa shape index (κ1) is 10.1. The van der Waals surface area contributed by atoms with Crippen LogP contribution >= 0.6 is 23.4 Å². The third-order valence-corrected chi connectivity index (χ3v) is 4.54. The Labute approximate surface area is 92.8 Å². The van der Waals surface area contributed by atoms with E-state index in [1.807, 2.05) is 25.1 Å². The minimum atomic E-state index is 0.0889. The maximum Gasteiger partial charge on any atom is 0.167 e. The molecule has 0 bridgehead atoms. The number of rotatable bonds is 0. The molecule has 1 aliphatic heterocycles. The minimum Gasteiger partial charge on any atom is -0.294 e. The van der Waals surface area contributed by atoms with E-state index in [2.05, 4.69) is 6.92 Å². The molecule has 0 spiro atoms. The summed E-state index contributed by atoms with van der Waals surface area (Å²) in [6.45, 7) is 4.04. The van der Waals surface area contributed by atoms with Gasteiger partial charge in [0.1, 0.15) is 0 Å². The van der Waals surface area contributed by atoms with E-state index < -0.39 is 0 Å². The van der Waals surface area contributed by atoms with Gasteiger partial charge in [-0.2, -0.15) is 0 Å². The van der Waals surface area contributed by atoms with Gasteiger partial charge in [-0.3, -0.25) is 4.79 Å². The summed E-state index contributed by atoms with van der Waals surface area (Å²) in [6, 6.07) is 5.53. The second-order valence-corrected chi connectivity index (χ2v) is 5.39. The van der Waals surface area contributed by atoms with Crippen LogP contribution in [0.2, 0.25) is 5.02 Å². The van der Waals surface area contributed by atoms with E-state index in [1.54, 1.807) is 11.8 Å². The number of halogens is 1. The molecule has 74 valence electrons. The van der Waals surface area contributed by atoms with Gasteiger partial charge in [-0.25, -0.2) is 0 Å². The molecule has 1 nitrogen and oxygen atoms in total. The Morgan fingerprint density at radius 3 is 2.79 bits per heavy atom. The second-order valence-electron chi connectivity index (χ2n) is 3.59. The molecule has 3 heteroatoms. The van der Waals surface area contributed by atoms with Crippen molar-refractivity contribution in [2.45, 2.75) is 24.0 Å². The highest BCUT2D eigenvalue weighted by Gasteiger charge is 2.31. The predicted molar refractivity (Wildman–Crippen MR) is 60.3 cm³/mol. The molecule has 1 heterocycles. The maximum atomic E-state index is 11.9. The number of fused-ring (bicyclic) bond motifs is 1. The summed E-state index contributed by atoms with van der Waals surface area (Å²) in [6.07, 6.45) is 0. The Morgan fingerprint density at radius 2 is 2.07 bits per heavy atom. The third-order valence-electron chi connectivity index (χ3n) is 2.65. The van der Waals surface area contributed by atoms with Crippen LogP contribution in [0.15, 0.2) is 23.1 Å². The summed E-state index contributed by atoms with van der Waals surface area (Å²) in [4.78, 5) is 12.9. The van der Waals surface area contributed by atoms with Gasteiger partial charge in [0.25, 0.3) is 0 Å². The molecule has 1 aliphatic rings. The first-order chi connectivity index (χ1) is 6.61. The molecule has 0 saturated carbocycles. The quantitative estimate of drug-likeness (QED) is 0.672. The summed E-state index contributed by atoms with van der Waals surface area (Å²) in [5, 5.41) is 1.01.